The number of halogens is 1. The lowest BCUT2D eigenvalue weighted by Crippen LogP contribution is -2.35. The van der Waals surface area contributed by atoms with Crippen LogP contribution in [0.1, 0.15) is 18.9 Å². The SMILES string of the molecule is CCC1C2CNCC2CN1c1cccc(Cl)c1C#N. The molecule has 2 heterocycles. The Balaban J connectivity index is 1.99. The minimum atomic E-state index is 0.519. The van der Waals surface area contributed by atoms with Crippen LogP contribution in [0.5, 0.6) is 0 Å². The van der Waals surface area contributed by atoms with Crippen molar-refractivity contribution in [3.63, 3.8) is 0 Å². The first kappa shape index (κ1) is 12.8. The molecule has 3 nitrogen and oxygen atoms in total. The van der Waals surface area contributed by atoms with Crippen LogP contribution in [-0.4, -0.2) is 25.7 Å². The van der Waals surface area contributed by atoms with Gasteiger partial charge in [-0.25, -0.2) is 0 Å². The van der Waals surface area contributed by atoms with Crippen molar-refractivity contribution >= 4 is 17.3 Å². The molecule has 100 valence electrons. The number of nitriles is 1. The van der Waals surface area contributed by atoms with Gasteiger partial charge >= 0.3 is 0 Å². The van der Waals surface area contributed by atoms with Crippen molar-refractivity contribution in [3.05, 3.63) is 28.8 Å². The number of fused-ring (bicyclic) bond motifs is 1. The molecule has 3 rings (SSSR count). The molecule has 3 atom stereocenters. The van der Waals surface area contributed by atoms with Gasteiger partial charge in [-0.3, -0.25) is 0 Å². The third kappa shape index (κ3) is 2.00. The average Bonchev–Trinajstić information content (AvgIpc) is 2.98. The van der Waals surface area contributed by atoms with E-state index in [4.69, 9.17) is 11.6 Å². The molecular weight excluding hydrogens is 258 g/mol. The molecule has 0 saturated carbocycles. The molecule has 2 saturated heterocycles. The average molecular weight is 276 g/mol. The zero-order valence-corrected chi connectivity index (χ0v) is 11.8. The summed E-state index contributed by atoms with van der Waals surface area (Å²) in [4.78, 5) is 2.40. The van der Waals surface area contributed by atoms with Gasteiger partial charge in [-0.15, -0.1) is 0 Å². The summed E-state index contributed by atoms with van der Waals surface area (Å²) in [7, 11) is 0. The number of hydrogen-bond acceptors (Lipinski definition) is 3. The summed E-state index contributed by atoms with van der Waals surface area (Å²) in [5.74, 6) is 1.41. The molecule has 0 spiro atoms. The Labute approximate surface area is 119 Å². The van der Waals surface area contributed by atoms with Crippen molar-refractivity contribution in [1.82, 2.24) is 5.32 Å². The topological polar surface area (TPSA) is 39.1 Å². The summed E-state index contributed by atoms with van der Waals surface area (Å²) in [5, 5.41) is 13.4. The second kappa shape index (κ2) is 5.03. The molecule has 2 aliphatic rings. The fraction of sp³-hybridized carbons (Fsp3) is 0.533. The Hall–Kier alpha value is -1.24. The zero-order chi connectivity index (χ0) is 13.4. The smallest absolute Gasteiger partial charge is 0.103 e. The van der Waals surface area contributed by atoms with Gasteiger partial charge in [-0.05, 0) is 30.4 Å². The third-order valence-electron chi connectivity index (χ3n) is 4.55. The largest absolute Gasteiger partial charge is 0.367 e. The summed E-state index contributed by atoms with van der Waals surface area (Å²) in [6.45, 7) is 5.46. The first-order valence-corrected chi connectivity index (χ1v) is 7.30. The van der Waals surface area contributed by atoms with Crippen LogP contribution >= 0.6 is 11.6 Å². The van der Waals surface area contributed by atoms with E-state index in [-0.39, 0.29) is 0 Å². The van der Waals surface area contributed by atoms with Gasteiger partial charge in [0.25, 0.3) is 0 Å². The minimum absolute atomic E-state index is 0.519. The fourth-order valence-corrected chi connectivity index (χ4v) is 3.90. The lowest BCUT2D eigenvalue weighted by atomic mass is 9.93. The van der Waals surface area contributed by atoms with E-state index in [0.29, 0.717) is 28.5 Å². The molecule has 0 amide bonds. The maximum absolute atomic E-state index is 9.35. The summed E-state index contributed by atoms with van der Waals surface area (Å²) in [6.07, 6.45) is 1.11. The maximum Gasteiger partial charge on any atom is 0.103 e. The zero-order valence-electron chi connectivity index (χ0n) is 11.1. The monoisotopic (exact) mass is 275 g/mol. The summed E-state index contributed by atoms with van der Waals surface area (Å²) in [6, 6.07) is 8.55. The molecule has 4 heteroatoms. The number of nitrogens with zero attached hydrogens (tertiary/aromatic N) is 2. The Morgan fingerprint density at radius 1 is 1.47 bits per heavy atom. The van der Waals surface area contributed by atoms with Gasteiger partial charge in [-0.2, -0.15) is 5.26 Å². The van der Waals surface area contributed by atoms with Gasteiger partial charge < -0.3 is 10.2 Å². The Morgan fingerprint density at radius 3 is 3.05 bits per heavy atom. The van der Waals surface area contributed by atoms with Crippen molar-refractivity contribution in [2.24, 2.45) is 11.8 Å². The van der Waals surface area contributed by atoms with Gasteiger partial charge in [0.15, 0.2) is 0 Å². The van der Waals surface area contributed by atoms with Crippen molar-refractivity contribution in [2.75, 3.05) is 24.5 Å². The van der Waals surface area contributed by atoms with Crippen LogP contribution in [0, 0.1) is 23.2 Å². The van der Waals surface area contributed by atoms with Crippen LogP contribution in [0.4, 0.5) is 5.69 Å². The number of hydrogen-bond donors (Lipinski definition) is 1. The predicted octanol–water partition coefficient (Wildman–Crippen LogP) is 2.65. The summed E-state index contributed by atoms with van der Waals surface area (Å²) < 4.78 is 0. The highest BCUT2D eigenvalue weighted by molar-refractivity contribution is 6.32. The lowest BCUT2D eigenvalue weighted by Gasteiger charge is -2.29. The van der Waals surface area contributed by atoms with Crippen LogP contribution in [-0.2, 0) is 0 Å². The highest BCUT2D eigenvalue weighted by Gasteiger charge is 2.43. The molecule has 1 aromatic rings. The fourth-order valence-electron chi connectivity index (χ4n) is 3.69. The summed E-state index contributed by atoms with van der Waals surface area (Å²) in [5.41, 5.74) is 1.63. The summed E-state index contributed by atoms with van der Waals surface area (Å²) >= 11 is 6.16. The number of benzene rings is 1. The normalized spacial score (nSPS) is 29.3. The molecule has 19 heavy (non-hydrogen) atoms. The molecule has 2 fully saturated rings. The standard InChI is InChI=1S/C15H18ClN3/c1-2-14-12-8-18-7-10(12)9-19(14)15-5-3-4-13(16)11(15)6-17/h3-5,10,12,14,18H,2,7-9H2,1H3. The van der Waals surface area contributed by atoms with Gasteiger partial charge in [-0.1, -0.05) is 24.6 Å². The van der Waals surface area contributed by atoms with Crippen LogP contribution < -0.4 is 10.2 Å². The molecular formula is C15H18ClN3. The molecule has 1 aromatic carbocycles. The number of rotatable bonds is 2. The van der Waals surface area contributed by atoms with Crippen LogP contribution in [0.25, 0.3) is 0 Å². The third-order valence-corrected chi connectivity index (χ3v) is 4.86. The first-order valence-electron chi connectivity index (χ1n) is 6.92. The van der Waals surface area contributed by atoms with E-state index in [1.54, 1.807) is 6.07 Å². The molecule has 3 unspecified atom stereocenters. The predicted molar refractivity (Wildman–Crippen MR) is 77.4 cm³/mol. The highest BCUT2D eigenvalue weighted by atomic mass is 35.5. The molecule has 0 radical (unpaired) electrons. The molecule has 0 bridgehead atoms. The van der Waals surface area contributed by atoms with Gasteiger partial charge in [0.1, 0.15) is 6.07 Å². The van der Waals surface area contributed by atoms with E-state index in [0.717, 1.165) is 31.7 Å². The minimum Gasteiger partial charge on any atom is -0.367 e. The van der Waals surface area contributed by atoms with E-state index < -0.39 is 0 Å². The van der Waals surface area contributed by atoms with E-state index in [2.05, 4.69) is 23.2 Å². The van der Waals surface area contributed by atoms with Crippen molar-refractivity contribution in [2.45, 2.75) is 19.4 Å². The highest BCUT2D eigenvalue weighted by Crippen LogP contribution is 2.39. The van der Waals surface area contributed by atoms with E-state index in [1.165, 1.54) is 0 Å². The Morgan fingerprint density at radius 2 is 2.32 bits per heavy atom. The van der Waals surface area contributed by atoms with Crippen LogP contribution in [0.3, 0.4) is 0 Å². The van der Waals surface area contributed by atoms with Crippen molar-refractivity contribution in [3.8, 4) is 6.07 Å². The Bertz CT molecular complexity index is 523. The quantitative estimate of drug-likeness (QED) is 0.902. The molecule has 1 N–H and O–H groups in total. The van der Waals surface area contributed by atoms with Gasteiger partial charge in [0, 0.05) is 25.7 Å². The first-order chi connectivity index (χ1) is 9.26. The van der Waals surface area contributed by atoms with Gasteiger partial charge in [0.2, 0.25) is 0 Å². The van der Waals surface area contributed by atoms with Crippen LogP contribution in [0.2, 0.25) is 5.02 Å². The second-order valence-corrected chi connectivity index (χ2v) is 5.86. The lowest BCUT2D eigenvalue weighted by molar-refractivity contribution is 0.442. The second-order valence-electron chi connectivity index (χ2n) is 5.46. The number of anilines is 1. The van der Waals surface area contributed by atoms with Gasteiger partial charge in [0.05, 0.1) is 16.3 Å². The molecule has 0 aliphatic carbocycles. The van der Waals surface area contributed by atoms with E-state index in [1.807, 2.05) is 12.1 Å². The van der Waals surface area contributed by atoms with Crippen molar-refractivity contribution < 1.29 is 0 Å². The Kier molecular flexibility index (Phi) is 3.38. The van der Waals surface area contributed by atoms with Crippen LogP contribution in [0.15, 0.2) is 18.2 Å². The maximum atomic E-state index is 9.35. The molecule has 0 aromatic heterocycles. The van der Waals surface area contributed by atoms with E-state index >= 15 is 0 Å². The van der Waals surface area contributed by atoms with E-state index in [9.17, 15) is 5.26 Å². The molecule has 2 aliphatic heterocycles. The van der Waals surface area contributed by atoms with Crippen molar-refractivity contribution in [1.29, 1.82) is 5.26 Å². The number of nitrogens with one attached hydrogen (secondary N) is 1.